The number of amides is 3. The number of fused-ring (bicyclic) bond motifs is 3. The van der Waals surface area contributed by atoms with Gasteiger partial charge in [0, 0.05) is 54.8 Å². The molecular weight excluding hydrogens is 889 g/mol. The molecule has 6 rings (SSSR count). The third-order valence-corrected chi connectivity index (χ3v) is 12.8. The first kappa shape index (κ1) is 51.1. The minimum absolute atomic E-state index is 0.0394. The predicted octanol–water partition coefficient (Wildman–Crippen LogP) is 1.45. The molecule has 3 aromatic carbocycles. The molecule has 11 N–H and O–H groups in total. The molecule has 1 saturated heterocycles. The number of carbonyl (C=O) groups excluding carboxylic acids is 7. The zero-order valence-corrected chi connectivity index (χ0v) is 38.1. The van der Waals surface area contributed by atoms with Crippen LogP contribution < -0.4 is 26.8 Å². The van der Waals surface area contributed by atoms with Crippen LogP contribution in [0.4, 0.5) is 4.79 Å². The van der Waals surface area contributed by atoms with Gasteiger partial charge >= 0.3 is 12.0 Å². The number of hydrogen-bond acceptors (Lipinski definition) is 17. The van der Waals surface area contributed by atoms with Crippen molar-refractivity contribution in [2.24, 2.45) is 23.3 Å². The molecule has 1 unspecified atom stereocenters. The molecule has 0 radical (unpaired) electrons. The summed E-state index contributed by atoms with van der Waals surface area (Å²) in [7, 11) is 1.29. The number of benzene rings is 3. The summed E-state index contributed by atoms with van der Waals surface area (Å²) in [6, 6.07) is 8.54. The van der Waals surface area contributed by atoms with Gasteiger partial charge < -0.3 is 66.6 Å². The summed E-state index contributed by atoms with van der Waals surface area (Å²) >= 11 is 0. The molecule has 0 bridgehead atoms. The number of methoxy groups -OCH3 is 1. The number of esters is 1. The van der Waals surface area contributed by atoms with Crippen LogP contribution in [0.3, 0.4) is 0 Å². The second-order valence-electron chi connectivity index (χ2n) is 17.8. The van der Waals surface area contributed by atoms with Crippen molar-refractivity contribution in [3.8, 4) is 17.2 Å². The van der Waals surface area contributed by atoms with E-state index in [9.17, 15) is 59.1 Å². The van der Waals surface area contributed by atoms with Gasteiger partial charge in [0.15, 0.2) is 23.6 Å². The number of urea groups is 1. The second-order valence-corrected chi connectivity index (χ2v) is 17.8. The molecule has 20 nitrogen and oxygen atoms in total. The molecule has 3 aliphatic rings. The summed E-state index contributed by atoms with van der Waals surface area (Å²) in [6.07, 6.45) is -6.07. The highest BCUT2D eigenvalue weighted by atomic mass is 16.7. The first-order valence-electron chi connectivity index (χ1n) is 22.3. The van der Waals surface area contributed by atoms with E-state index in [1.165, 1.54) is 32.2 Å². The van der Waals surface area contributed by atoms with Crippen LogP contribution in [0.25, 0.3) is 0 Å². The van der Waals surface area contributed by atoms with E-state index < -0.39 is 126 Å². The van der Waals surface area contributed by atoms with Gasteiger partial charge in [-0.2, -0.15) is 0 Å². The first-order chi connectivity index (χ1) is 32.2. The van der Waals surface area contributed by atoms with Gasteiger partial charge in [-0.15, -0.1) is 0 Å². The molecule has 8 atom stereocenters. The molecule has 3 amide bonds. The number of hydrogen-bond donors (Lipinski definition) is 9. The normalized spacial score (nSPS) is 22.8. The maximum absolute atomic E-state index is 14.0. The third kappa shape index (κ3) is 10.9. The maximum Gasteiger partial charge on any atom is 0.312 e. The minimum Gasteiger partial charge on any atom is -0.507 e. The maximum atomic E-state index is 14.0. The fourth-order valence-corrected chi connectivity index (χ4v) is 8.93. The topological polar surface area (TPSA) is 334 Å². The number of ether oxygens (including phenoxy) is 4. The molecule has 0 spiro atoms. The first-order valence-corrected chi connectivity index (χ1v) is 22.3. The Labute approximate surface area is 391 Å². The minimum atomic E-state index is -2.38. The van der Waals surface area contributed by atoms with Crippen molar-refractivity contribution in [2.45, 2.75) is 115 Å². The van der Waals surface area contributed by atoms with Crippen molar-refractivity contribution in [2.75, 3.05) is 20.3 Å². The molecule has 20 heteroatoms. The van der Waals surface area contributed by atoms with Crippen LogP contribution in [-0.4, -0.2) is 123 Å². The van der Waals surface area contributed by atoms with E-state index in [2.05, 4.69) is 10.6 Å². The van der Waals surface area contributed by atoms with E-state index in [-0.39, 0.29) is 78.5 Å². The van der Waals surface area contributed by atoms with Gasteiger partial charge in [0.1, 0.15) is 36.1 Å². The van der Waals surface area contributed by atoms with Gasteiger partial charge in [-0.3, -0.25) is 28.8 Å². The Morgan fingerprint density at radius 3 is 2.29 bits per heavy atom. The van der Waals surface area contributed by atoms with E-state index in [0.717, 1.165) is 0 Å². The molecule has 1 heterocycles. The standard InChI is InChI=1S/C48H58N4O16/c1-22(2)40(49)46(62)52-29(8-6-14-51-47(50)63)30(54)15-24-10-12-25(13-11-24)21-66-34(56)16-26-17-35(67-23(3)41(26)57)68-32-19-48(64,33(55)20-53)18-28-37(32)45(61)39-38(43(28)59)42(58)27-7-5-9-31(65-4)36(27)44(39)60/h5,7,9-13,22-23,26,29,32,35,40-41,53,57,59,61,64H,6,8,14-21,49H2,1-4H3,(H,52,62)(H3,50,51,63)/t23-,26-,29?,32-,35-,40-,41+,48-/m0/s1. The highest BCUT2D eigenvalue weighted by Gasteiger charge is 2.50. The van der Waals surface area contributed by atoms with Crippen LogP contribution in [0.1, 0.15) is 113 Å². The van der Waals surface area contributed by atoms with Gasteiger partial charge in [0.05, 0.1) is 60.6 Å². The lowest BCUT2D eigenvalue weighted by Gasteiger charge is -2.42. The number of aliphatic hydroxyl groups is 3. The van der Waals surface area contributed by atoms with Crippen LogP contribution in [0.5, 0.6) is 17.2 Å². The molecule has 1 fully saturated rings. The Morgan fingerprint density at radius 1 is 0.971 bits per heavy atom. The van der Waals surface area contributed by atoms with Crippen LogP contribution >= 0.6 is 0 Å². The number of aliphatic hydroxyl groups excluding tert-OH is 2. The number of aromatic hydroxyl groups is 2. The van der Waals surface area contributed by atoms with Crippen LogP contribution in [0.2, 0.25) is 0 Å². The van der Waals surface area contributed by atoms with Gasteiger partial charge in [-0.1, -0.05) is 50.2 Å². The highest BCUT2D eigenvalue weighted by Crippen LogP contribution is 2.52. The number of phenolic OH excluding ortho intramolecular Hbond substituents is 2. The number of primary amides is 1. The van der Waals surface area contributed by atoms with E-state index in [1.54, 1.807) is 38.1 Å². The number of rotatable bonds is 19. The van der Waals surface area contributed by atoms with Crippen LogP contribution in [0.15, 0.2) is 42.5 Å². The quantitative estimate of drug-likeness (QED) is 0.0365. The summed E-state index contributed by atoms with van der Waals surface area (Å²) < 4.78 is 23.1. The summed E-state index contributed by atoms with van der Waals surface area (Å²) in [4.78, 5) is 91.3. The number of phenols is 2. The average Bonchev–Trinajstić information content (AvgIpc) is 3.30. The second kappa shape index (κ2) is 21.3. The molecule has 2 aliphatic carbocycles. The fraction of sp³-hybridized carbons (Fsp3) is 0.479. The molecular formula is C48H58N4O16. The zero-order chi connectivity index (χ0) is 49.8. The molecule has 0 saturated carbocycles. The number of nitrogens with two attached hydrogens (primary N) is 2. The van der Waals surface area contributed by atoms with Crippen molar-refractivity contribution in [3.05, 3.63) is 87.0 Å². The summed E-state index contributed by atoms with van der Waals surface area (Å²) in [6.45, 7) is 4.03. The van der Waals surface area contributed by atoms with Crippen molar-refractivity contribution in [1.29, 1.82) is 0 Å². The Morgan fingerprint density at radius 2 is 1.65 bits per heavy atom. The number of carbonyl (C=O) groups is 7. The van der Waals surface area contributed by atoms with E-state index >= 15 is 0 Å². The lowest BCUT2D eigenvalue weighted by Crippen LogP contribution is -2.50. The van der Waals surface area contributed by atoms with Crippen LogP contribution in [-0.2, 0) is 52.8 Å². The molecule has 366 valence electrons. The molecule has 3 aromatic rings. The van der Waals surface area contributed by atoms with Gasteiger partial charge in [-0.05, 0) is 42.9 Å². The third-order valence-electron chi connectivity index (χ3n) is 12.8. The molecule has 1 aliphatic heterocycles. The number of ketones is 4. The summed E-state index contributed by atoms with van der Waals surface area (Å²) in [5, 5.41) is 61.2. The lowest BCUT2D eigenvalue weighted by atomic mass is 9.72. The van der Waals surface area contributed by atoms with E-state index in [1.807, 2.05) is 0 Å². The number of nitrogens with one attached hydrogen (secondary N) is 2. The lowest BCUT2D eigenvalue weighted by molar-refractivity contribution is -0.257. The van der Waals surface area contributed by atoms with Crippen molar-refractivity contribution in [1.82, 2.24) is 10.6 Å². The SMILES string of the molecule is COc1cccc2c1C(=O)c1c(O)c3c(c(O)c1C2=O)C[C@@](O)(C(=O)CO)C[C@@H]3O[C@H]1C[C@H](CC(=O)OCc2ccc(CC(=O)C(CCCNC(N)=O)NC(=O)[C@@H](N)C(C)C)cc2)[C@H](O)[C@H](C)O1. The monoisotopic (exact) mass is 946 g/mol. The van der Waals surface area contributed by atoms with E-state index in [0.29, 0.717) is 17.5 Å². The zero-order valence-electron chi connectivity index (χ0n) is 38.1. The summed E-state index contributed by atoms with van der Waals surface area (Å²) in [5.74, 6) is -6.65. The molecule has 68 heavy (non-hydrogen) atoms. The van der Waals surface area contributed by atoms with Crippen molar-refractivity contribution < 1.29 is 78.0 Å². The Bertz CT molecular complexity index is 2460. The van der Waals surface area contributed by atoms with Crippen molar-refractivity contribution in [3.63, 3.8) is 0 Å². The Balaban J connectivity index is 1.13. The Kier molecular flexibility index (Phi) is 16.0. The number of Topliss-reactive ketones (excluding diaryl/α,β-unsaturated/α-hetero) is 2. The van der Waals surface area contributed by atoms with Gasteiger partial charge in [-0.25, -0.2) is 4.79 Å². The van der Waals surface area contributed by atoms with Crippen molar-refractivity contribution >= 4 is 41.0 Å². The average molecular weight is 947 g/mol. The van der Waals surface area contributed by atoms with Gasteiger partial charge in [0.2, 0.25) is 11.7 Å². The van der Waals surface area contributed by atoms with Crippen LogP contribution in [0, 0.1) is 11.8 Å². The Hall–Kier alpha value is -6.29. The van der Waals surface area contributed by atoms with Gasteiger partial charge in [0.25, 0.3) is 0 Å². The smallest absolute Gasteiger partial charge is 0.312 e. The fourth-order valence-electron chi connectivity index (χ4n) is 8.93. The summed E-state index contributed by atoms with van der Waals surface area (Å²) in [5.41, 5.74) is 8.12. The predicted molar refractivity (Wildman–Crippen MR) is 238 cm³/mol. The largest absolute Gasteiger partial charge is 0.507 e. The highest BCUT2D eigenvalue weighted by molar-refractivity contribution is 6.31. The molecule has 0 aromatic heterocycles. The van der Waals surface area contributed by atoms with E-state index in [4.69, 9.17) is 30.4 Å².